The van der Waals surface area contributed by atoms with E-state index in [1.54, 1.807) is 72.8 Å². The van der Waals surface area contributed by atoms with Gasteiger partial charge in [-0.05, 0) is 29.8 Å². The van der Waals surface area contributed by atoms with Crippen LogP contribution in [0.25, 0.3) is 0 Å². The summed E-state index contributed by atoms with van der Waals surface area (Å²) < 4.78 is 14.5. The maximum atomic E-state index is 14.5. The molecule has 0 spiro atoms. The van der Waals surface area contributed by atoms with Crippen LogP contribution in [-0.4, -0.2) is 34.0 Å². The number of anilines is 2. The topological polar surface area (TPSA) is 72.9 Å². The van der Waals surface area contributed by atoms with Crippen LogP contribution in [0.2, 0.25) is 0 Å². The van der Waals surface area contributed by atoms with E-state index in [1.807, 2.05) is 18.2 Å². The number of hydrazine groups is 1. The first-order valence-corrected chi connectivity index (χ1v) is 10.7. The van der Waals surface area contributed by atoms with Crippen LogP contribution in [-0.2, 0) is 9.59 Å². The number of fused-ring (bicyclic) bond motifs is 1. The fourth-order valence-electron chi connectivity index (χ4n) is 4.44. The summed E-state index contributed by atoms with van der Waals surface area (Å²) in [6, 6.07) is 22.1. The number of imide groups is 1. The molecule has 2 heterocycles. The molecule has 2 N–H and O–H groups in total. The number of hydrogen-bond acceptors (Lipinski definition) is 5. The molecule has 0 aromatic heterocycles. The number of hydrogen-bond donors (Lipinski definition) is 2. The number of nitrogens with zero attached hydrogens (tertiary/aromatic N) is 2. The molecule has 3 aromatic carbocycles. The average Bonchev–Trinajstić information content (AvgIpc) is 3.11. The maximum absolute atomic E-state index is 14.5. The summed E-state index contributed by atoms with van der Waals surface area (Å²) in [7, 11) is 0. The van der Waals surface area contributed by atoms with Crippen LogP contribution in [0.5, 0.6) is 0 Å². The summed E-state index contributed by atoms with van der Waals surface area (Å²) in [5.74, 6) is -2.07. The lowest BCUT2D eigenvalue weighted by Gasteiger charge is -2.40. The van der Waals surface area contributed by atoms with Gasteiger partial charge in [0.15, 0.2) is 0 Å². The summed E-state index contributed by atoms with van der Waals surface area (Å²) in [6.07, 6.45) is 2.35. The smallest absolute Gasteiger partial charge is 0.254 e. The van der Waals surface area contributed by atoms with E-state index in [4.69, 9.17) is 0 Å². The van der Waals surface area contributed by atoms with Gasteiger partial charge in [-0.25, -0.2) is 14.3 Å². The van der Waals surface area contributed by atoms with Crippen molar-refractivity contribution in [2.24, 2.45) is 5.92 Å². The molecule has 7 heteroatoms. The second kappa shape index (κ2) is 8.61. The van der Waals surface area contributed by atoms with Gasteiger partial charge in [0.05, 0.1) is 29.4 Å². The minimum Gasteiger partial charge on any atom is -0.386 e. The van der Waals surface area contributed by atoms with Gasteiger partial charge in [0, 0.05) is 0 Å². The van der Waals surface area contributed by atoms with E-state index in [2.05, 4.69) is 5.43 Å². The number of carbonyl (C=O) groups excluding carboxylic acids is 2. The highest BCUT2D eigenvalue weighted by atomic mass is 19.1. The van der Waals surface area contributed by atoms with Gasteiger partial charge in [-0.1, -0.05) is 72.8 Å². The first kappa shape index (κ1) is 21.1. The molecule has 0 radical (unpaired) electrons. The summed E-state index contributed by atoms with van der Waals surface area (Å²) >= 11 is 0. The number of rotatable bonds is 5. The third kappa shape index (κ3) is 3.71. The second-order valence-corrected chi connectivity index (χ2v) is 8.05. The minimum absolute atomic E-state index is 0.148. The van der Waals surface area contributed by atoms with Crippen LogP contribution >= 0.6 is 0 Å². The Kier molecular flexibility index (Phi) is 5.50. The number of para-hydroxylation sites is 2. The Hall–Kier alpha value is -3.81. The van der Waals surface area contributed by atoms with Gasteiger partial charge in [-0.3, -0.25) is 9.59 Å². The van der Waals surface area contributed by atoms with E-state index in [-0.39, 0.29) is 11.6 Å². The molecule has 0 saturated carbocycles. The molecule has 3 aromatic rings. The van der Waals surface area contributed by atoms with Crippen molar-refractivity contribution in [1.29, 1.82) is 0 Å². The van der Waals surface area contributed by atoms with E-state index >= 15 is 0 Å². The van der Waals surface area contributed by atoms with E-state index in [1.165, 1.54) is 11.1 Å². The summed E-state index contributed by atoms with van der Waals surface area (Å²) in [4.78, 5) is 27.9. The zero-order valence-corrected chi connectivity index (χ0v) is 17.6. The predicted molar refractivity (Wildman–Crippen MR) is 122 cm³/mol. The fraction of sp³-hybridized carbons (Fsp3) is 0.154. The fourth-order valence-corrected chi connectivity index (χ4v) is 4.44. The number of aliphatic hydroxyl groups is 1. The lowest BCUT2D eigenvalue weighted by molar-refractivity contribution is -0.123. The highest BCUT2D eigenvalue weighted by Gasteiger charge is 2.54. The third-order valence-corrected chi connectivity index (χ3v) is 6.06. The average molecular weight is 443 g/mol. The molecule has 1 fully saturated rings. The Bertz CT molecular complexity index is 1200. The lowest BCUT2D eigenvalue weighted by Crippen LogP contribution is -2.55. The van der Waals surface area contributed by atoms with Crippen molar-refractivity contribution in [3.8, 4) is 0 Å². The van der Waals surface area contributed by atoms with Crippen LogP contribution in [0, 0.1) is 11.7 Å². The van der Waals surface area contributed by atoms with Crippen molar-refractivity contribution < 1.29 is 19.1 Å². The molecule has 5 rings (SSSR count). The van der Waals surface area contributed by atoms with E-state index in [0.717, 1.165) is 4.90 Å². The van der Waals surface area contributed by atoms with Crippen molar-refractivity contribution in [2.45, 2.75) is 18.2 Å². The Morgan fingerprint density at radius 3 is 2.15 bits per heavy atom. The largest absolute Gasteiger partial charge is 0.386 e. The molecule has 2 aliphatic heterocycles. The molecule has 6 nitrogen and oxygen atoms in total. The number of halogens is 1. The molecule has 166 valence electrons. The molecule has 2 amide bonds. The van der Waals surface area contributed by atoms with Crippen molar-refractivity contribution in [3.63, 3.8) is 0 Å². The van der Waals surface area contributed by atoms with Gasteiger partial charge < -0.3 is 10.5 Å². The van der Waals surface area contributed by atoms with Crippen molar-refractivity contribution in [1.82, 2.24) is 5.01 Å². The second-order valence-electron chi connectivity index (χ2n) is 8.05. The molecule has 33 heavy (non-hydrogen) atoms. The van der Waals surface area contributed by atoms with Gasteiger partial charge in [-0.15, -0.1) is 0 Å². The standard InChI is InChI=1S/C26H22FN3O3/c27-20-13-7-8-14-21(20)28-30-22(24(31)17-9-3-1-4-10-17)16-15-19-23(30)26(33)29(25(19)32)18-11-5-2-6-12-18/h1-16,19,22-24,28,31H. The molecule has 1 saturated heterocycles. The van der Waals surface area contributed by atoms with Crippen molar-refractivity contribution in [3.05, 3.63) is 108 Å². The monoisotopic (exact) mass is 443 g/mol. The number of benzene rings is 3. The van der Waals surface area contributed by atoms with Gasteiger partial charge in [0.2, 0.25) is 5.91 Å². The number of aliphatic hydroxyl groups excluding tert-OH is 1. The van der Waals surface area contributed by atoms with Crippen LogP contribution in [0.1, 0.15) is 11.7 Å². The molecule has 0 aliphatic carbocycles. The molecule has 4 atom stereocenters. The zero-order valence-electron chi connectivity index (χ0n) is 17.6. The SMILES string of the molecule is O=C1C2C=CC(C(O)c3ccccc3)N(Nc3ccccc3F)C2C(=O)N1c1ccccc1. The summed E-state index contributed by atoms with van der Waals surface area (Å²) in [5.41, 5.74) is 4.25. The van der Waals surface area contributed by atoms with Gasteiger partial charge in [-0.2, -0.15) is 0 Å². The van der Waals surface area contributed by atoms with E-state index in [9.17, 15) is 19.1 Å². The van der Waals surface area contributed by atoms with Gasteiger partial charge >= 0.3 is 0 Å². The van der Waals surface area contributed by atoms with Crippen LogP contribution in [0.15, 0.2) is 97.1 Å². The van der Waals surface area contributed by atoms with E-state index < -0.39 is 35.8 Å². The Balaban J connectivity index is 1.56. The molecular formula is C26H22FN3O3. The first-order valence-electron chi connectivity index (χ1n) is 10.7. The van der Waals surface area contributed by atoms with Crippen LogP contribution in [0.4, 0.5) is 15.8 Å². The van der Waals surface area contributed by atoms with E-state index in [0.29, 0.717) is 11.3 Å². The molecular weight excluding hydrogens is 421 g/mol. The number of nitrogens with one attached hydrogen (secondary N) is 1. The molecule has 4 unspecified atom stereocenters. The van der Waals surface area contributed by atoms with Crippen LogP contribution in [0.3, 0.4) is 0 Å². The number of carbonyl (C=O) groups is 2. The maximum Gasteiger partial charge on any atom is 0.254 e. The first-order chi connectivity index (χ1) is 16.1. The molecule has 0 bridgehead atoms. The highest BCUT2D eigenvalue weighted by molar-refractivity contribution is 6.24. The quantitative estimate of drug-likeness (QED) is 0.465. The third-order valence-electron chi connectivity index (χ3n) is 6.06. The summed E-state index contributed by atoms with van der Waals surface area (Å²) in [5, 5.41) is 12.7. The molecule has 2 aliphatic rings. The highest BCUT2D eigenvalue weighted by Crippen LogP contribution is 2.38. The number of amides is 2. The normalized spacial score (nSPS) is 23.5. The minimum atomic E-state index is -1.02. The Labute approximate surface area is 190 Å². The predicted octanol–water partition coefficient (Wildman–Crippen LogP) is 3.68. The zero-order chi connectivity index (χ0) is 22.9. The summed E-state index contributed by atoms with van der Waals surface area (Å²) in [6.45, 7) is 0. The Morgan fingerprint density at radius 1 is 0.818 bits per heavy atom. The van der Waals surface area contributed by atoms with Gasteiger partial charge in [0.25, 0.3) is 5.91 Å². The Morgan fingerprint density at radius 2 is 1.45 bits per heavy atom. The lowest BCUT2D eigenvalue weighted by atomic mass is 9.90. The van der Waals surface area contributed by atoms with Gasteiger partial charge in [0.1, 0.15) is 11.9 Å². The van der Waals surface area contributed by atoms with Crippen LogP contribution < -0.4 is 10.3 Å². The van der Waals surface area contributed by atoms with Crippen molar-refractivity contribution in [2.75, 3.05) is 10.3 Å². The van der Waals surface area contributed by atoms with Crippen molar-refractivity contribution >= 4 is 23.2 Å².